The molecule has 2 aromatic carbocycles. The molecular weight excluding hydrogens is 258 g/mol. The number of aryl methyl sites for hydroxylation is 2. The fourth-order valence-corrected chi connectivity index (χ4v) is 2.33. The van der Waals surface area contributed by atoms with Gasteiger partial charge in [-0.3, -0.25) is 4.79 Å². The summed E-state index contributed by atoms with van der Waals surface area (Å²) < 4.78 is 0. The van der Waals surface area contributed by atoms with Crippen molar-refractivity contribution >= 4 is 5.91 Å². The molecule has 2 N–H and O–H groups in total. The summed E-state index contributed by atoms with van der Waals surface area (Å²) in [6, 6.07) is 18.8. The highest BCUT2D eigenvalue weighted by molar-refractivity contribution is 5.76. The molecule has 2 aromatic rings. The van der Waals surface area contributed by atoms with Crippen molar-refractivity contribution in [2.24, 2.45) is 5.73 Å². The maximum atomic E-state index is 10.8. The van der Waals surface area contributed by atoms with Gasteiger partial charge in [-0.15, -0.1) is 0 Å². The van der Waals surface area contributed by atoms with Crippen molar-refractivity contribution < 1.29 is 4.79 Å². The molecule has 1 amide bonds. The van der Waals surface area contributed by atoms with E-state index in [0.29, 0.717) is 6.42 Å². The normalized spacial score (nSPS) is 9.90. The van der Waals surface area contributed by atoms with Gasteiger partial charge in [-0.05, 0) is 42.4 Å². The van der Waals surface area contributed by atoms with E-state index in [9.17, 15) is 4.79 Å². The molecule has 2 rings (SSSR count). The third kappa shape index (κ3) is 6.26. The fraction of sp³-hybridized carbons (Fsp3) is 0.316. The lowest BCUT2D eigenvalue weighted by atomic mass is 10.0. The van der Waals surface area contributed by atoms with Gasteiger partial charge in [-0.1, -0.05) is 62.0 Å². The van der Waals surface area contributed by atoms with E-state index >= 15 is 0 Å². The molecule has 0 aliphatic rings. The fourth-order valence-electron chi connectivity index (χ4n) is 2.33. The second-order valence-electron chi connectivity index (χ2n) is 5.15. The molecule has 0 unspecified atom stereocenters. The molecule has 0 aliphatic heterocycles. The summed E-state index contributed by atoms with van der Waals surface area (Å²) in [4.78, 5) is 10.8. The minimum absolute atomic E-state index is 0. The molecule has 0 heterocycles. The van der Waals surface area contributed by atoms with Crippen molar-refractivity contribution in [2.75, 3.05) is 0 Å². The summed E-state index contributed by atoms with van der Waals surface area (Å²) in [5, 5.41) is 0. The number of carbonyl (C=O) groups is 1. The lowest BCUT2D eigenvalue weighted by molar-refractivity contribution is -0.117. The zero-order chi connectivity index (χ0) is 14.2. The van der Waals surface area contributed by atoms with Gasteiger partial charge in [0.25, 0.3) is 0 Å². The number of unbranched alkanes of at least 4 members (excludes halogenated alkanes) is 1. The first-order valence-electron chi connectivity index (χ1n) is 7.14. The van der Waals surface area contributed by atoms with E-state index in [1.165, 1.54) is 24.0 Å². The number of primary amides is 1. The highest BCUT2D eigenvalue weighted by Crippen LogP contribution is 2.10. The summed E-state index contributed by atoms with van der Waals surface area (Å²) >= 11 is 0. The van der Waals surface area contributed by atoms with Crippen LogP contribution in [-0.2, 0) is 24.1 Å². The van der Waals surface area contributed by atoms with Gasteiger partial charge in [0.2, 0.25) is 5.91 Å². The van der Waals surface area contributed by atoms with Crippen LogP contribution in [0.2, 0.25) is 0 Å². The van der Waals surface area contributed by atoms with E-state index in [0.717, 1.165) is 18.4 Å². The van der Waals surface area contributed by atoms with Crippen LogP contribution in [0.25, 0.3) is 0 Å². The number of hydrogen-bond donors (Lipinski definition) is 1. The lowest BCUT2D eigenvalue weighted by Gasteiger charge is -2.04. The molecule has 0 aromatic heterocycles. The molecule has 0 saturated heterocycles. The van der Waals surface area contributed by atoms with Crippen molar-refractivity contribution in [3.05, 3.63) is 71.3 Å². The molecule has 0 radical (unpaired) electrons. The smallest absolute Gasteiger partial charge is 0.221 e. The topological polar surface area (TPSA) is 43.1 Å². The molecule has 2 heteroatoms. The Balaban J connectivity index is 0.00000220. The second-order valence-corrected chi connectivity index (χ2v) is 5.15. The van der Waals surface area contributed by atoms with Crippen LogP contribution in [0.1, 0.15) is 37.0 Å². The summed E-state index contributed by atoms with van der Waals surface area (Å²) in [7, 11) is 0. The number of hydrogen-bond acceptors (Lipinski definition) is 1. The Kier molecular flexibility index (Phi) is 7.24. The minimum Gasteiger partial charge on any atom is -0.369 e. The maximum Gasteiger partial charge on any atom is 0.221 e. The average Bonchev–Trinajstić information content (AvgIpc) is 2.46. The molecular formula is C19H25NO. The molecule has 0 fully saturated rings. The highest BCUT2D eigenvalue weighted by atomic mass is 16.1. The number of amides is 1. The molecule has 0 bridgehead atoms. The number of benzene rings is 2. The van der Waals surface area contributed by atoms with E-state index in [-0.39, 0.29) is 13.3 Å². The first-order valence-corrected chi connectivity index (χ1v) is 7.14. The van der Waals surface area contributed by atoms with Gasteiger partial charge in [0, 0.05) is 0 Å². The van der Waals surface area contributed by atoms with E-state index in [2.05, 4.69) is 42.5 Å². The summed E-state index contributed by atoms with van der Waals surface area (Å²) in [6.45, 7) is 0. The van der Waals surface area contributed by atoms with E-state index in [4.69, 9.17) is 5.73 Å². The predicted molar refractivity (Wildman–Crippen MR) is 89.2 cm³/mol. The first kappa shape index (κ1) is 17.0. The Hall–Kier alpha value is -2.09. The predicted octanol–water partition coefficient (Wildman–Crippen LogP) is 3.92. The van der Waals surface area contributed by atoms with Crippen LogP contribution >= 0.6 is 0 Å². The van der Waals surface area contributed by atoms with Crippen LogP contribution in [-0.4, -0.2) is 5.91 Å². The molecule has 21 heavy (non-hydrogen) atoms. The maximum absolute atomic E-state index is 10.8. The van der Waals surface area contributed by atoms with Gasteiger partial charge in [0.05, 0.1) is 6.42 Å². The van der Waals surface area contributed by atoms with Crippen LogP contribution in [0.3, 0.4) is 0 Å². The van der Waals surface area contributed by atoms with Gasteiger partial charge in [0.15, 0.2) is 0 Å². The van der Waals surface area contributed by atoms with Crippen molar-refractivity contribution in [1.29, 1.82) is 0 Å². The van der Waals surface area contributed by atoms with Crippen LogP contribution in [0.4, 0.5) is 0 Å². The SMILES string of the molecule is C.NC(=O)Cc1ccc(CCCCc2ccccc2)cc1. The van der Waals surface area contributed by atoms with Crippen molar-refractivity contribution in [1.82, 2.24) is 0 Å². The van der Waals surface area contributed by atoms with Crippen LogP contribution in [0.15, 0.2) is 54.6 Å². The van der Waals surface area contributed by atoms with Gasteiger partial charge in [-0.2, -0.15) is 0 Å². The van der Waals surface area contributed by atoms with E-state index in [1.807, 2.05) is 12.1 Å². The Morgan fingerprint density at radius 1 is 0.762 bits per heavy atom. The standard InChI is InChI=1S/C18H21NO.CH4/c19-18(20)14-17-12-10-16(11-13-17)9-5-4-8-15-6-2-1-3-7-15;/h1-3,6-7,10-13H,4-5,8-9,14H2,(H2,19,20);1H4. The highest BCUT2D eigenvalue weighted by Gasteiger charge is 1.99. The lowest BCUT2D eigenvalue weighted by Crippen LogP contribution is -2.13. The van der Waals surface area contributed by atoms with E-state index < -0.39 is 0 Å². The molecule has 0 spiro atoms. The van der Waals surface area contributed by atoms with Crippen LogP contribution in [0, 0.1) is 0 Å². The Labute approximate surface area is 128 Å². The summed E-state index contributed by atoms with van der Waals surface area (Å²) in [6.07, 6.45) is 4.94. The quantitative estimate of drug-likeness (QED) is 0.769. The minimum atomic E-state index is -0.277. The van der Waals surface area contributed by atoms with Crippen molar-refractivity contribution in [2.45, 2.75) is 39.5 Å². The molecule has 0 atom stereocenters. The van der Waals surface area contributed by atoms with E-state index in [1.54, 1.807) is 0 Å². The first-order chi connectivity index (χ1) is 9.74. The average molecular weight is 283 g/mol. The monoisotopic (exact) mass is 283 g/mol. The van der Waals surface area contributed by atoms with Crippen molar-refractivity contribution in [3.63, 3.8) is 0 Å². The number of rotatable bonds is 7. The van der Waals surface area contributed by atoms with Gasteiger partial charge < -0.3 is 5.73 Å². The van der Waals surface area contributed by atoms with Gasteiger partial charge in [0.1, 0.15) is 0 Å². The molecule has 112 valence electrons. The van der Waals surface area contributed by atoms with Crippen molar-refractivity contribution in [3.8, 4) is 0 Å². The zero-order valence-corrected chi connectivity index (χ0v) is 11.7. The van der Waals surface area contributed by atoms with Crippen LogP contribution in [0.5, 0.6) is 0 Å². The third-order valence-corrected chi connectivity index (χ3v) is 3.43. The molecule has 0 saturated carbocycles. The Bertz CT molecular complexity index is 531. The second kappa shape index (κ2) is 8.96. The molecule has 0 aliphatic carbocycles. The zero-order valence-electron chi connectivity index (χ0n) is 11.7. The summed E-state index contributed by atoms with van der Waals surface area (Å²) in [5.41, 5.74) is 8.90. The third-order valence-electron chi connectivity index (χ3n) is 3.43. The Morgan fingerprint density at radius 2 is 1.24 bits per heavy atom. The summed E-state index contributed by atoms with van der Waals surface area (Å²) in [5.74, 6) is -0.277. The Morgan fingerprint density at radius 3 is 1.76 bits per heavy atom. The largest absolute Gasteiger partial charge is 0.369 e. The molecule has 2 nitrogen and oxygen atoms in total. The van der Waals surface area contributed by atoms with Crippen LogP contribution < -0.4 is 5.73 Å². The van der Waals surface area contributed by atoms with Gasteiger partial charge in [-0.25, -0.2) is 0 Å². The number of carbonyl (C=O) groups excluding carboxylic acids is 1. The van der Waals surface area contributed by atoms with Gasteiger partial charge >= 0.3 is 0 Å². The number of nitrogens with two attached hydrogens (primary N) is 1.